The van der Waals surface area contributed by atoms with Gasteiger partial charge in [0.05, 0.1) is 28.5 Å². The first-order valence-corrected chi connectivity index (χ1v) is 12.0. The summed E-state index contributed by atoms with van der Waals surface area (Å²) in [4.78, 5) is 32.3. The summed E-state index contributed by atoms with van der Waals surface area (Å²) >= 11 is 1.22. The van der Waals surface area contributed by atoms with Gasteiger partial charge in [-0.1, -0.05) is 90.2 Å². The molecule has 35 heavy (non-hydrogen) atoms. The van der Waals surface area contributed by atoms with Gasteiger partial charge in [-0.2, -0.15) is 0 Å². The van der Waals surface area contributed by atoms with Crippen LogP contribution in [0.5, 0.6) is 5.75 Å². The van der Waals surface area contributed by atoms with E-state index in [9.17, 15) is 14.7 Å². The van der Waals surface area contributed by atoms with Crippen LogP contribution in [0.15, 0.2) is 100 Å². The van der Waals surface area contributed by atoms with Crippen LogP contribution in [0.25, 0.3) is 11.8 Å². The highest BCUT2D eigenvalue weighted by Gasteiger charge is 2.35. The standard InChI is InChI=1S/C28H22N2O4S/c1-2-34-27(33)23-24(18-11-5-3-6-12-18)29-28-30(25(23)19-13-7-4-8-14-19)26(32)22(35-28)17-20-15-9-10-16-21(20)31/h3-17,25,31H,2H2,1H3/b22-17+/t25-/m1/s1. The lowest BCUT2D eigenvalue weighted by molar-refractivity contribution is -0.138. The maximum Gasteiger partial charge on any atom is 0.338 e. The number of thiazole rings is 1. The summed E-state index contributed by atoms with van der Waals surface area (Å²) < 4.78 is 7.40. The summed E-state index contributed by atoms with van der Waals surface area (Å²) in [5.41, 5.74) is 2.56. The highest BCUT2D eigenvalue weighted by Crippen LogP contribution is 2.35. The number of fused-ring (bicyclic) bond motifs is 1. The Kier molecular flexibility index (Phi) is 6.16. The van der Waals surface area contributed by atoms with Gasteiger partial charge in [-0.15, -0.1) is 0 Å². The predicted octanol–water partition coefficient (Wildman–Crippen LogP) is 3.64. The second kappa shape index (κ2) is 9.56. The maximum absolute atomic E-state index is 13.7. The molecule has 4 aromatic rings. The first kappa shape index (κ1) is 22.6. The predicted molar refractivity (Wildman–Crippen MR) is 136 cm³/mol. The molecule has 0 bridgehead atoms. The Hall–Kier alpha value is -4.23. The maximum atomic E-state index is 13.7. The Balaban J connectivity index is 1.84. The van der Waals surface area contributed by atoms with E-state index >= 15 is 0 Å². The molecule has 0 saturated heterocycles. The number of nitrogens with zero attached hydrogens (tertiary/aromatic N) is 2. The number of phenolic OH excluding ortho intramolecular Hbond substituents is 1. The molecule has 1 atom stereocenters. The second-order valence-corrected chi connectivity index (χ2v) is 8.91. The molecule has 3 aromatic carbocycles. The first-order chi connectivity index (χ1) is 17.1. The number of rotatable bonds is 5. The van der Waals surface area contributed by atoms with Crippen molar-refractivity contribution in [2.45, 2.75) is 13.0 Å². The van der Waals surface area contributed by atoms with Crippen LogP contribution in [-0.2, 0) is 9.53 Å². The molecular formula is C28H22N2O4S. The van der Waals surface area contributed by atoms with Crippen molar-refractivity contribution in [3.8, 4) is 5.75 Å². The molecule has 1 aliphatic rings. The largest absolute Gasteiger partial charge is 0.507 e. The molecule has 0 fully saturated rings. The number of carbonyl (C=O) groups excluding carboxylic acids is 1. The van der Waals surface area contributed by atoms with Crippen LogP contribution in [0, 0.1) is 0 Å². The number of aromatic nitrogens is 1. The number of hydrogen-bond acceptors (Lipinski definition) is 6. The van der Waals surface area contributed by atoms with Crippen molar-refractivity contribution in [1.29, 1.82) is 0 Å². The van der Waals surface area contributed by atoms with E-state index in [0.29, 0.717) is 26.2 Å². The van der Waals surface area contributed by atoms with Crippen molar-refractivity contribution in [3.63, 3.8) is 0 Å². The van der Waals surface area contributed by atoms with Gasteiger partial charge in [0.2, 0.25) is 0 Å². The van der Waals surface area contributed by atoms with Crippen LogP contribution in [0.2, 0.25) is 0 Å². The SMILES string of the molecule is CCOC(=O)C1=C(c2ccccc2)N=c2s/c(=C/c3ccccc3O)c(=O)n2[C@@H]1c1ccccc1. The molecule has 5 rings (SSSR count). The van der Waals surface area contributed by atoms with Gasteiger partial charge in [0.1, 0.15) is 5.75 Å². The van der Waals surface area contributed by atoms with E-state index < -0.39 is 12.0 Å². The normalized spacial score (nSPS) is 15.5. The van der Waals surface area contributed by atoms with Gasteiger partial charge in [-0.3, -0.25) is 9.36 Å². The van der Waals surface area contributed by atoms with Crippen LogP contribution >= 0.6 is 11.3 Å². The first-order valence-electron chi connectivity index (χ1n) is 11.2. The van der Waals surface area contributed by atoms with Gasteiger partial charge in [-0.25, -0.2) is 9.79 Å². The Morgan fingerprint density at radius 1 is 1.03 bits per heavy atom. The Morgan fingerprint density at radius 2 is 1.69 bits per heavy atom. The smallest absolute Gasteiger partial charge is 0.338 e. The van der Waals surface area contributed by atoms with Gasteiger partial charge in [0.15, 0.2) is 4.80 Å². The molecule has 0 amide bonds. The molecule has 1 aliphatic heterocycles. The van der Waals surface area contributed by atoms with Crippen molar-refractivity contribution in [2.24, 2.45) is 4.99 Å². The third-order valence-electron chi connectivity index (χ3n) is 5.71. The zero-order valence-electron chi connectivity index (χ0n) is 18.9. The average Bonchev–Trinajstić information content (AvgIpc) is 3.20. The van der Waals surface area contributed by atoms with Crippen molar-refractivity contribution in [1.82, 2.24) is 4.57 Å². The van der Waals surface area contributed by atoms with Crippen LogP contribution in [-0.4, -0.2) is 22.2 Å². The topological polar surface area (TPSA) is 80.9 Å². The van der Waals surface area contributed by atoms with Crippen LogP contribution in [0.4, 0.5) is 0 Å². The zero-order valence-corrected chi connectivity index (χ0v) is 19.7. The molecule has 0 radical (unpaired) electrons. The molecule has 2 heterocycles. The van der Waals surface area contributed by atoms with Gasteiger partial charge in [0, 0.05) is 11.1 Å². The number of phenols is 1. The highest BCUT2D eigenvalue weighted by atomic mass is 32.1. The molecule has 0 saturated carbocycles. The highest BCUT2D eigenvalue weighted by molar-refractivity contribution is 7.07. The van der Waals surface area contributed by atoms with E-state index in [1.807, 2.05) is 60.7 Å². The second-order valence-electron chi connectivity index (χ2n) is 7.90. The molecule has 6 nitrogen and oxygen atoms in total. The van der Waals surface area contributed by atoms with Crippen LogP contribution in [0.1, 0.15) is 29.7 Å². The molecule has 7 heteroatoms. The molecule has 0 unspecified atom stereocenters. The number of benzene rings is 3. The van der Waals surface area contributed by atoms with E-state index in [-0.39, 0.29) is 17.9 Å². The molecule has 1 aromatic heterocycles. The lowest BCUT2D eigenvalue weighted by Crippen LogP contribution is -2.39. The van der Waals surface area contributed by atoms with Crippen molar-refractivity contribution in [3.05, 3.63) is 127 Å². The lowest BCUT2D eigenvalue weighted by Gasteiger charge is -2.25. The van der Waals surface area contributed by atoms with Crippen molar-refractivity contribution in [2.75, 3.05) is 6.61 Å². The summed E-state index contributed by atoms with van der Waals surface area (Å²) in [6.45, 7) is 1.95. The number of esters is 1. The average molecular weight is 483 g/mol. The van der Waals surface area contributed by atoms with Gasteiger partial charge >= 0.3 is 5.97 Å². The fourth-order valence-electron chi connectivity index (χ4n) is 4.14. The van der Waals surface area contributed by atoms with E-state index in [1.54, 1.807) is 41.8 Å². The zero-order chi connectivity index (χ0) is 24.4. The van der Waals surface area contributed by atoms with Crippen LogP contribution in [0.3, 0.4) is 0 Å². The minimum atomic E-state index is -0.715. The van der Waals surface area contributed by atoms with Crippen LogP contribution < -0.4 is 14.9 Å². The Bertz CT molecular complexity index is 1600. The molecule has 0 spiro atoms. The third kappa shape index (κ3) is 4.22. The van der Waals surface area contributed by atoms with E-state index in [2.05, 4.69) is 0 Å². The summed E-state index contributed by atoms with van der Waals surface area (Å²) in [6, 6.07) is 24.9. The lowest BCUT2D eigenvalue weighted by atomic mass is 9.93. The number of para-hydroxylation sites is 1. The summed E-state index contributed by atoms with van der Waals surface area (Å²) in [6.07, 6.45) is 1.65. The van der Waals surface area contributed by atoms with E-state index in [1.165, 1.54) is 11.3 Å². The summed E-state index contributed by atoms with van der Waals surface area (Å²) in [5, 5.41) is 10.2. The Morgan fingerprint density at radius 3 is 2.37 bits per heavy atom. The van der Waals surface area contributed by atoms with E-state index in [0.717, 1.165) is 11.1 Å². The molecule has 1 N–H and O–H groups in total. The molecule has 174 valence electrons. The van der Waals surface area contributed by atoms with Gasteiger partial charge in [-0.05, 0) is 24.6 Å². The minimum Gasteiger partial charge on any atom is -0.507 e. The fourth-order valence-corrected chi connectivity index (χ4v) is 5.13. The van der Waals surface area contributed by atoms with E-state index in [4.69, 9.17) is 9.73 Å². The Labute approximate surface area is 205 Å². The number of ether oxygens (including phenoxy) is 1. The number of carbonyl (C=O) groups is 1. The number of aromatic hydroxyl groups is 1. The molecular weight excluding hydrogens is 460 g/mol. The fraction of sp³-hybridized carbons (Fsp3) is 0.107. The monoisotopic (exact) mass is 482 g/mol. The number of hydrogen-bond donors (Lipinski definition) is 1. The van der Waals surface area contributed by atoms with Gasteiger partial charge in [0.25, 0.3) is 5.56 Å². The third-order valence-corrected chi connectivity index (χ3v) is 6.70. The summed E-state index contributed by atoms with van der Waals surface area (Å²) in [5.74, 6) is -0.436. The van der Waals surface area contributed by atoms with Crippen molar-refractivity contribution >= 4 is 29.1 Å². The molecule has 0 aliphatic carbocycles. The minimum absolute atomic E-state index is 0.0788. The summed E-state index contributed by atoms with van der Waals surface area (Å²) in [7, 11) is 0. The quantitative estimate of drug-likeness (QED) is 0.441. The van der Waals surface area contributed by atoms with Gasteiger partial charge < -0.3 is 9.84 Å². The van der Waals surface area contributed by atoms with Crippen molar-refractivity contribution < 1.29 is 14.6 Å².